The van der Waals surface area contributed by atoms with Crippen LogP contribution in [0.15, 0.2) is 0 Å². The van der Waals surface area contributed by atoms with Gasteiger partial charge in [-0.2, -0.15) is 0 Å². The molecule has 96 valence electrons. The molecule has 0 aliphatic carbocycles. The molecule has 4 nitrogen and oxygen atoms in total. The summed E-state index contributed by atoms with van der Waals surface area (Å²) in [5.41, 5.74) is 4.72. The Morgan fingerprint density at radius 3 is 2.12 bits per heavy atom. The standard InChI is InChI=1S/C11H24N2O2S/c1-8(16(6)15)7-13-9(14)10(2,3)11(4,5)12/h8H,7,12H2,1-6H3,(H,13,14). The summed E-state index contributed by atoms with van der Waals surface area (Å²) < 4.78 is 11.1. The van der Waals surface area contributed by atoms with E-state index in [9.17, 15) is 9.00 Å². The van der Waals surface area contributed by atoms with Crippen LogP contribution in [0.4, 0.5) is 0 Å². The van der Waals surface area contributed by atoms with Gasteiger partial charge in [0.05, 0.1) is 5.41 Å². The molecule has 0 aromatic carbocycles. The molecule has 5 heteroatoms. The van der Waals surface area contributed by atoms with Crippen molar-refractivity contribution in [2.24, 2.45) is 11.1 Å². The maximum Gasteiger partial charge on any atom is 0.227 e. The Hall–Kier alpha value is -0.420. The van der Waals surface area contributed by atoms with E-state index < -0.39 is 21.8 Å². The van der Waals surface area contributed by atoms with Gasteiger partial charge in [0.2, 0.25) is 5.91 Å². The van der Waals surface area contributed by atoms with Crippen LogP contribution in [0.25, 0.3) is 0 Å². The van der Waals surface area contributed by atoms with E-state index in [0.717, 1.165) is 0 Å². The van der Waals surface area contributed by atoms with Crippen LogP contribution in [0.5, 0.6) is 0 Å². The molecule has 3 N–H and O–H groups in total. The minimum atomic E-state index is -0.921. The van der Waals surface area contributed by atoms with Crippen LogP contribution < -0.4 is 11.1 Å². The van der Waals surface area contributed by atoms with Gasteiger partial charge < -0.3 is 11.1 Å². The topological polar surface area (TPSA) is 72.2 Å². The van der Waals surface area contributed by atoms with Crippen molar-refractivity contribution in [3.63, 3.8) is 0 Å². The van der Waals surface area contributed by atoms with Crippen molar-refractivity contribution in [2.75, 3.05) is 12.8 Å². The molecular formula is C11H24N2O2S. The van der Waals surface area contributed by atoms with E-state index in [-0.39, 0.29) is 11.2 Å². The van der Waals surface area contributed by atoms with E-state index in [1.807, 2.05) is 34.6 Å². The largest absolute Gasteiger partial charge is 0.354 e. The fourth-order valence-electron chi connectivity index (χ4n) is 0.867. The molecule has 0 saturated carbocycles. The average molecular weight is 248 g/mol. The smallest absolute Gasteiger partial charge is 0.227 e. The van der Waals surface area contributed by atoms with Crippen molar-refractivity contribution in [3.8, 4) is 0 Å². The highest BCUT2D eigenvalue weighted by Gasteiger charge is 2.40. The van der Waals surface area contributed by atoms with Gasteiger partial charge in [0.1, 0.15) is 0 Å². The third kappa shape index (κ3) is 3.87. The highest BCUT2D eigenvalue weighted by atomic mass is 32.2. The second kappa shape index (κ2) is 5.27. The normalized spacial score (nSPS) is 16.7. The maximum atomic E-state index is 11.9. The lowest BCUT2D eigenvalue weighted by molar-refractivity contribution is -0.132. The third-order valence-electron chi connectivity index (χ3n) is 3.30. The fourth-order valence-corrected chi connectivity index (χ4v) is 1.19. The molecule has 0 spiro atoms. The molecule has 1 amide bonds. The van der Waals surface area contributed by atoms with E-state index in [4.69, 9.17) is 5.73 Å². The molecule has 0 rings (SSSR count). The lowest BCUT2D eigenvalue weighted by atomic mass is 9.74. The summed E-state index contributed by atoms with van der Waals surface area (Å²) >= 11 is 0. The number of nitrogens with two attached hydrogens (primary N) is 1. The van der Waals surface area contributed by atoms with Crippen molar-refractivity contribution in [1.29, 1.82) is 0 Å². The van der Waals surface area contributed by atoms with Gasteiger partial charge in [-0.25, -0.2) is 0 Å². The molecule has 0 aromatic rings. The zero-order valence-corrected chi connectivity index (χ0v) is 11.9. The van der Waals surface area contributed by atoms with Gasteiger partial charge >= 0.3 is 0 Å². The quantitative estimate of drug-likeness (QED) is 0.749. The third-order valence-corrected chi connectivity index (χ3v) is 4.60. The number of hydrogen-bond donors (Lipinski definition) is 2. The number of carbonyl (C=O) groups is 1. The van der Waals surface area contributed by atoms with Crippen LogP contribution in [0, 0.1) is 5.41 Å². The first-order chi connectivity index (χ1) is 7.00. The fraction of sp³-hybridized carbons (Fsp3) is 0.909. The van der Waals surface area contributed by atoms with E-state index in [1.54, 1.807) is 6.26 Å². The first-order valence-electron chi connectivity index (χ1n) is 5.39. The molecule has 2 unspecified atom stereocenters. The number of hydrogen-bond acceptors (Lipinski definition) is 3. The first-order valence-corrected chi connectivity index (χ1v) is 7.01. The summed E-state index contributed by atoms with van der Waals surface area (Å²) in [5, 5.41) is 2.76. The molecule has 0 aliphatic rings. The Morgan fingerprint density at radius 2 is 1.81 bits per heavy atom. The first kappa shape index (κ1) is 15.6. The lowest BCUT2D eigenvalue weighted by Crippen LogP contribution is -2.56. The van der Waals surface area contributed by atoms with E-state index in [0.29, 0.717) is 6.54 Å². The number of amides is 1. The van der Waals surface area contributed by atoms with E-state index >= 15 is 0 Å². The van der Waals surface area contributed by atoms with Crippen LogP contribution in [-0.4, -0.2) is 33.7 Å². The molecule has 0 aromatic heterocycles. The SMILES string of the molecule is CC(CNC(=O)C(C)(C)C(C)(C)N)S(C)=O. The van der Waals surface area contributed by atoms with Gasteiger partial charge in [0.25, 0.3) is 0 Å². The van der Waals surface area contributed by atoms with E-state index in [1.165, 1.54) is 0 Å². The predicted octanol–water partition coefficient (Wildman–Crippen LogP) is 0.633. The Labute approximate surface area is 101 Å². The molecule has 0 bridgehead atoms. The summed E-state index contributed by atoms with van der Waals surface area (Å²) in [5.74, 6) is -0.0997. The molecule has 0 radical (unpaired) electrons. The predicted molar refractivity (Wildman–Crippen MR) is 68.6 cm³/mol. The Bertz CT molecular complexity index is 282. The van der Waals surface area contributed by atoms with Crippen molar-refractivity contribution in [1.82, 2.24) is 5.32 Å². The Morgan fingerprint density at radius 1 is 1.38 bits per heavy atom. The number of rotatable bonds is 5. The van der Waals surface area contributed by atoms with Gasteiger partial charge in [-0.1, -0.05) is 0 Å². The van der Waals surface area contributed by atoms with Crippen molar-refractivity contribution < 1.29 is 9.00 Å². The second-order valence-corrected chi connectivity index (χ2v) is 7.17. The van der Waals surface area contributed by atoms with Gasteiger partial charge in [-0.15, -0.1) is 0 Å². The monoisotopic (exact) mass is 248 g/mol. The number of carbonyl (C=O) groups excluding carboxylic acids is 1. The van der Waals surface area contributed by atoms with Crippen LogP contribution in [0.3, 0.4) is 0 Å². The zero-order valence-electron chi connectivity index (χ0n) is 11.1. The molecular weight excluding hydrogens is 224 g/mol. The summed E-state index contributed by atoms with van der Waals surface area (Å²) in [7, 11) is -0.921. The summed E-state index contributed by atoms with van der Waals surface area (Å²) in [4.78, 5) is 11.9. The Kier molecular flexibility index (Phi) is 5.14. The molecule has 16 heavy (non-hydrogen) atoms. The van der Waals surface area contributed by atoms with Crippen LogP contribution >= 0.6 is 0 Å². The number of nitrogens with one attached hydrogen (secondary N) is 1. The Balaban J connectivity index is 4.44. The summed E-state index contributed by atoms with van der Waals surface area (Å²) in [6.45, 7) is 9.55. The zero-order chi connectivity index (χ0) is 13.1. The van der Waals surface area contributed by atoms with Crippen LogP contribution in [0.2, 0.25) is 0 Å². The van der Waals surface area contributed by atoms with Crippen LogP contribution in [0.1, 0.15) is 34.6 Å². The summed E-state index contributed by atoms with van der Waals surface area (Å²) in [6, 6.07) is 0. The van der Waals surface area contributed by atoms with E-state index in [2.05, 4.69) is 5.32 Å². The van der Waals surface area contributed by atoms with Crippen molar-refractivity contribution >= 4 is 16.7 Å². The lowest BCUT2D eigenvalue weighted by Gasteiger charge is -2.37. The van der Waals surface area contributed by atoms with Gasteiger partial charge in [0, 0.05) is 34.4 Å². The maximum absolute atomic E-state index is 11.9. The van der Waals surface area contributed by atoms with Gasteiger partial charge in [0.15, 0.2) is 0 Å². The second-order valence-electron chi connectivity index (χ2n) is 5.37. The van der Waals surface area contributed by atoms with Crippen molar-refractivity contribution in [2.45, 2.75) is 45.4 Å². The minimum absolute atomic E-state index is 0.0411. The van der Waals surface area contributed by atoms with Crippen molar-refractivity contribution in [3.05, 3.63) is 0 Å². The highest BCUT2D eigenvalue weighted by molar-refractivity contribution is 7.84. The van der Waals surface area contributed by atoms with Gasteiger partial charge in [-0.05, 0) is 34.6 Å². The molecule has 2 atom stereocenters. The molecule has 0 saturated heterocycles. The van der Waals surface area contributed by atoms with Gasteiger partial charge in [-0.3, -0.25) is 9.00 Å². The minimum Gasteiger partial charge on any atom is -0.354 e. The average Bonchev–Trinajstić information content (AvgIpc) is 2.11. The molecule has 0 heterocycles. The highest BCUT2D eigenvalue weighted by Crippen LogP contribution is 2.28. The molecule has 0 aliphatic heterocycles. The molecule has 0 fully saturated rings. The summed E-state index contributed by atoms with van der Waals surface area (Å²) in [6.07, 6.45) is 1.63. The van der Waals surface area contributed by atoms with Crippen LogP contribution in [-0.2, 0) is 15.6 Å².